The van der Waals surface area contributed by atoms with Crippen LogP contribution in [0, 0.1) is 12.8 Å². The van der Waals surface area contributed by atoms with Crippen molar-refractivity contribution in [2.24, 2.45) is 5.92 Å². The van der Waals surface area contributed by atoms with Gasteiger partial charge in [0.1, 0.15) is 12.6 Å². The fourth-order valence-corrected chi connectivity index (χ4v) is 5.57. The van der Waals surface area contributed by atoms with Gasteiger partial charge in [0, 0.05) is 13.1 Å². The number of carbonyl (C=O) groups excluding carboxylic acids is 2. The largest absolute Gasteiger partial charge is 0.354 e. The molecule has 0 saturated carbocycles. The summed E-state index contributed by atoms with van der Waals surface area (Å²) in [5.74, 6) is -0.675. The van der Waals surface area contributed by atoms with Crippen molar-refractivity contribution in [2.75, 3.05) is 17.4 Å². The topological polar surface area (TPSA) is 86.8 Å². The van der Waals surface area contributed by atoms with Crippen molar-refractivity contribution in [3.05, 3.63) is 94.0 Å². The van der Waals surface area contributed by atoms with Crippen LogP contribution in [0.3, 0.4) is 0 Å². The molecule has 0 bridgehead atoms. The van der Waals surface area contributed by atoms with Gasteiger partial charge in [-0.3, -0.25) is 13.9 Å². The molecule has 2 amide bonds. The molecular formula is C29H33Cl2N3O4S. The zero-order valence-electron chi connectivity index (χ0n) is 22.4. The number of hydrogen-bond donors (Lipinski definition) is 1. The minimum Gasteiger partial charge on any atom is -0.354 e. The lowest BCUT2D eigenvalue weighted by Crippen LogP contribution is -2.51. The van der Waals surface area contributed by atoms with Gasteiger partial charge in [0.2, 0.25) is 11.8 Å². The SMILES string of the molecule is Cc1ccc(S(=O)(=O)N(CC(=O)N(Cc2ccc(Cl)c(Cl)c2)C(C)C(=O)NCC(C)C)c2ccccc2)cc1. The minimum absolute atomic E-state index is 0.0270. The van der Waals surface area contributed by atoms with Gasteiger partial charge in [-0.25, -0.2) is 8.42 Å². The van der Waals surface area contributed by atoms with Crippen LogP contribution in [0.2, 0.25) is 10.0 Å². The van der Waals surface area contributed by atoms with Gasteiger partial charge in [-0.05, 0) is 61.7 Å². The average molecular weight is 591 g/mol. The second-order valence-corrected chi connectivity index (χ2v) is 12.4. The molecule has 0 spiro atoms. The number of nitrogens with one attached hydrogen (secondary N) is 1. The van der Waals surface area contributed by atoms with E-state index in [2.05, 4.69) is 5.32 Å². The highest BCUT2D eigenvalue weighted by Gasteiger charge is 2.32. The molecule has 10 heteroatoms. The number of halogens is 2. The molecule has 1 N–H and O–H groups in total. The van der Waals surface area contributed by atoms with Gasteiger partial charge < -0.3 is 10.2 Å². The number of rotatable bonds is 11. The summed E-state index contributed by atoms with van der Waals surface area (Å²) in [6.07, 6.45) is 0. The summed E-state index contributed by atoms with van der Waals surface area (Å²) in [5, 5.41) is 3.53. The summed E-state index contributed by atoms with van der Waals surface area (Å²) in [5.41, 5.74) is 1.89. The Morgan fingerprint density at radius 1 is 0.897 bits per heavy atom. The lowest BCUT2D eigenvalue weighted by Gasteiger charge is -2.32. The number of amides is 2. The zero-order valence-corrected chi connectivity index (χ0v) is 24.7. The number of para-hydroxylation sites is 1. The van der Waals surface area contributed by atoms with E-state index >= 15 is 0 Å². The number of carbonyl (C=O) groups is 2. The van der Waals surface area contributed by atoms with E-state index in [9.17, 15) is 18.0 Å². The Labute approximate surface area is 240 Å². The molecule has 1 atom stereocenters. The van der Waals surface area contributed by atoms with Crippen molar-refractivity contribution in [3.63, 3.8) is 0 Å². The maximum Gasteiger partial charge on any atom is 0.264 e. The second kappa shape index (κ2) is 13.3. The smallest absolute Gasteiger partial charge is 0.264 e. The summed E-state index contributed by atoms with van der Waals surface area (Å²) >= 11 is 12.3. The lowest BCUT2D eigenvalue weighted by atomic mass is 10.1. The van der Waals surface area contributed by atoms with Gasteiger partial charge in [0.25, 0.3) is 10.0 Å². The van der Waals surface area contributed by atoms with Gasteiger partial charge in [0.15, 0.2) is 0 Å². The average Bonchev–Trinajstić information content (AvgIpc) is 2.91. The standard InChI is InChI=1S/C29H33Cl2N3O4S/c1-20(2)17-32-29(36)22(4)33(18-23-12-15-26(30)27(31)16-23)28(35)19-34(24-8-6-5-7-9-24)39(37,38)25-13-10-21(3)11-14-25/h5-16,20,22H,17-19H2,1-4H3,(H,32,36). The van der Waals surface area contributed by atoms with Crippen LogP contribution in [0.4, 0.5) is 5.69 Å². The lowest BCUT2D eigenvalue weighted by molar-refractivity contribution is -0.139. The molecule has 0 heterocycles. The molecule has 0 aliphatic carbocycles. The van der Waals surface area contributed by atoms with E-state index in [0.717, 1.165) is 9.87 Å². The molecule has 0 radical (unpaired) electrons. The van der Waals surface area contributed by atoms with Crippen LogP contribution >= 0.6 is 23.2 Å². The molecule has 7 nitrogen and oxygen atoms in total. The molecule has 3 aromatic carbocycles. The molecule has 208 valence electrons. The van der Waals surface area contributed by atoms with Crippen molar-refractivity contribution in [1.29, 1.82) is 0 Å². The molecule has 0 aliphatic rings. The quantitative estimate of drug-likeness (QED) is 0.311. The van der Waals surface area contributed by atoms with Crippen molar-refractivity contribution in [3.8, 4) is 0 Å². The third kappa shape index (κ3) is 7.97. The van der Waals surface area contributed by atoms with Crippen LogP contribution in [0.5, 0.6) is 0 Å². The minimum atomic E-state index is -4.11. The summed E-state index contributed by atoms with van der Waals surface area (Å²) in [6.45, 7) is 7.38. The predicted octanol–water partition coefficient (Wildman–Crippen LogP) is 5.69. The predicted molar refractivity (Wildman–Crippen MR) is 156 cm³/mol. The van der Waals surface area contributed by atoms with Crippen LogP contribution in [0.25, 0.3) is 0 Å². The Kier molecular flexibility index (Phi) is 10.4. The Balaban J connectivity index is 2.00. The van der Waals surface area contributed by atoms with Crippen molar-refractivity contribution in [1.82, 2.24) is 10.2 Å². The number of hydrogen-bond acceptors (Lipinski definition) is 4. The highest BCUT2D eigenvalue weighted by atomic mass is 35.5. The van der Waals surface area contributed by atoms with E-state index in [1.807, 2.05) is 20.8 Å². The van der Waals surface area contributed by atoms with E-state index in [-0.39, 0.29) is 23.3 Å². The van der Waals surface area contributed by atoms with E-state index in [1.165, 1.54) is 17.0 Å². The first kappa shape index (κ1) is 30.5. The van der Waals surface area contributed by atoms with E-state index in [1.54, 1.807) is 67.6 Å². The van der Waals surface area contributed by atoms with Crippen LogP contribution < -0.4 is 9.62 Å². The van der Waals surface area contributed by atoms with Gasteiger partial charge in [0.05, 0.1) is 20.6 Å². The van der Waals surface area contributed by atoms with E-state index < -0.39 is 28.5 Å². The molecular weight excluding hydrogens is 557 g/mol. The maximum absolute atomic E-state index is 13.9. The molecule has 39 heavy (non-hydrogen) atoms. The van der Waals surface area contributed by atoms with E-state index in [4.69, 9.17) is 23.2 Å². The van der Waals surface area contributed by atoms with Gasteiger partial charge in [-0.1, -0.05) is 79.0 Å². The fourth-order valence-electron chi connectivity index (χ4n) is 3.83. The highest BCUT2D eigenvalue weighted by Crippen LogP contribution is 2.26. The molecule has 0 fully saturated rings. The molecule has 3 aromatic rings. The van der Waals surface area contributed by atoms with Crippen molar-refractivity contribution >= 4 is 50.7 Å². The molecule has 1 unspecified atom stereocenters. The van der Waals surface area contributed by atoms with Gasteiger partial charge in [-0.15, -0.1) is 0 Å². The number of benzene rings is 3. The molecule has 0 aromatic heterocycles. The number of anilines is 1. The highest BCUT2D eigenvalue weighted by molar-refractivity contribution is 7.92. The Hall–Kier alpha value is -3.07. The first-order chi connectivity index (χ1) is 18.4. The summed E-state index contributed by atoms with van der Waals surface area (Å²) in [4.78, 5) is 28.3. The van der Waals surface area contributed by atoms with Crippen molar-refractivity contribution < 1.29 is 18.0 Å². The van der Waals surface area contributed by atoms with Crippen LogP contribution in [-0.4, -0.2) is 44.3 Å². The Bertz CT molecular complexity index is 1400. The molecule has 0 aliphatic heterocycles. The monoisotopic (exact) mass is 589 g/mol. The number of aryl methyl sites for hydroxylation is 1. The summed E-state index contributed by atoms with van der Waals surface area (Å²) in [7, 11) is -4.11. The zero-order chi connectivity index (χ0) is 28.7. The summed E-state index contributed by atoms with van der Waals surface area (Å²) < 4.78 is 28.6. The number of nitrogens with zero attached hydrogens (tertiary/aromatic N) is 2. The van der Waals surface area contributed by atoms with Crippen LogP contribution in [0.15, 0.2) is 77.7 Å². The van der Waals surface area contributed by atoms with Crippen LogP contribution in [0.1, 0.15) is 31.9 Å². The maximum atomic E-state index is 13.9. The normalized spacial score (nSPS) is 12.2. The molecule has 3 rings (SSSR count). The third-order valence-electron chi connectivity index (χ3n) is 6.12. The van der Waals surface area contributed by atoms with Gasteiger partial charge in [-0.2, -0.15) is 0 Å². The Morgan fingerprint density at radius 2 is 1.54 bits per heavy atom. The Morgan fingerprint density at radius 3 is 2.13 bits per heavy atom. The first-order valence-corrected chi connectivity index (χ1v) is 14.7. The van der Waals surface area contributed by atoms with Crippen LogP contribution in [-0.2, 0) is 26.2 Å². The number of sulfonamides is 1. The fraction of sp³-hybridized carbons (Fsp3) is 0.310. The second-order valence-electron chi connectivity index (χ2n) is 9.75. The van der Waals surface area contributed by atoms with Gasteiger partial charge >= 0.3 is 0 Å². The first-order valence-electron chi connectivity index (χ1n) is 12.6. The van der Waals surface area contributed by atoms with Crippen molar-refractivity contribution in [2.45, 2.75) is 45.2 Å². The third-order valence-corrected chi connectivity index (χ3v) is 8.65. The van der Waals surface area contributed by atoms with E-state index in [0.29, 0.717) is 27.8 Å². The summed E-state index contributed by atoms with van der Waals surface area (Å²) in [6, 6.07) is 18.9. The molecule has 0 saturated heterocycles.